The number of pyridine rings is 2. The largest absolute Gasteiger partial charge is 0.492 e. The molecule has 0 spiro atoms. The number of aromatic nitrogens is 2. The van der Waals surface area contributed by atoms with Crippen LogP contribution in [0.4, 0.5) is 0 Å². The van der Waals surface area contributed by atoms with Gasteiger partial charge in [0, 0.05) is 36.6 Å². The second-order valence-corrected chi connectivity index (χ2v) is 8.95. The highest BCUT2D eigenvalue weighted by Gasteiger charge is 2.10. The van der Waals surface area contributed by atoms with Gasteiger partial charge in [0.15, 0.2) is 0 Å². The third kappa shape index (κ3) is 5.15. The van der Waals surface area contributed by atoms with E-state index in [1.807, 2.05) is 12.4 Å². The van der Waals surface area contributed by atoms with Gasteiger partial charge in [0.2, 0.25) is 0 Å². The molecule has 0 unspecified atom stereocenters. The average Bonchev–Trinajstić information content (AvgIpc) is 2.84. The molecule has 5 rings (SSSR count). The molecular weight excluding hydrogens is 410 g/mol. The monoisotopic (exact) mass is 441 g/mol. The van der Waals surface area contributed by atoms with E-state index in [2.05, 4.69) is 71.2 Å². The highest BCUT2D eigenvalue weighted by molar-refractivity contribution is 6.04. The molecule has 0 saturated carbocycles. The zero-order valence-corrected chi connectivity index (χ0v) is 19.5. The summed E-state index contributed by atoms with van der Waals surface area (Å²) in [6, 6.07) is 15.2. The van der Waals surface area contributed by atoms with Crippen LogP contribution < -0.4 is 4.74 Å². The highest BCUT2D eigenvalue weighted by atomic mass is 16.5. The van der Waals surface area contributed by atoms with Gasteiger partial charge >= 0.3 is 0 Å². The molecule has 0 bridgehead atoms. The van der Waals surface area contributed by atoms with Gasteiger partial charge in [-0.1, -0.05) is 18.2 Å². The van der Waals surface area contributed by atoms with E-state index in [1.54, 1.807) is 0 Å². The van der Waals surface area contributed by atoms with Crippen LogP contribution >= 0.6 is 0 Å². The number of hydrogen-bond acceptors (Lipinski definition) is 5. The predicted molar refractivity (Wildman–Crippen MR) is 133 cm³/mol. The molecule has 1 aliphatic heterocycles. The maximum atomic E-state index is 6.01. The lowest BCUT2D eigenvalue weighted by Gasteiger charge is -2.26. The first-order valence-electron chi connectivity index (χ1n) is 11.8. The smallest absolute Gasteiger partial charge is 0.119 e. The third-order valence-corrected chi connectivity index (χ3v) is 6.52. The summed E-state index contributed by atoms with van der Waals surface area (Å²) in [7, 11) is 0. The van der Waals surface area contributed by atoms with Crippen LogP contribution in [-0.4, -0.2) is 54.3 Å². The van der Waals surface area contributed by atoms with E-state index in [-0.39, 0.29) is 0 Å². The fraction of sp³-hybridized carbons (Fsp3) is 0.357. The Balaban J connectivity index is 1.23. The summed E-state index contributed by atoms with van der Waals surface area (Å²) in [6.07, 6.45) is 5.80. The Labute approximate surface area is 195 Å². The number of aryl methyl sites for hydroxylation is 4. The normalized spacial score (nSPS) is 14.7. The minimum Gasteiger partial charge on any atom is -0.492 e. The number of rotatable bonds is 7. The summed E-state index contributed by atoms with van der Waals surface area (Å²) in [5.74, 6) is 0.950. The maximum absolute atomic E-state index is 6.01. The lowest BCUT2D eigenvalue weighted by Crippen LogP contribution is -2.38. The molecule has 2 aromatic carbocycles. The topological polar surface area (TPSA) is 47.5 Å². The van der Waals surface area contributed by atoms with Crippen LogP contribution in [0.25, 0.3) is 21.8 Å². The predicted octanol–water partition coefficient (Wildman–Crippen LogP) is 4.90. The van der Waals surface area contributed by atoms with Gasteiger partial charge in [0.05, 0.1) is 30.4 Å². The molecule has 2 aromatic heterocycles. The van der Waals surface area contributed by atoms with Gasteiger partial charge in [-0.25, -0.2) is 0 Å². The Morgan fingerprint density at radius 2 is 1.73 bits per heavy atom. The Bertz CT molecular complexity index is 1260. The lowest BCUT2D eigenvalue weighted by atomic mass is 9.99. The fourth-order valence-corrected chi connectivity index (χ4v) is 4.52. The molecule has 0 radical (unpaired) electrons. The summed E-state index contributed by atoms with van der Waals surface area (Å²) >= 11 is 0. The number of hydrogen-bond donors (Lipinski definition) is 0. The number of benzene rings is 2. The van der Waals surface area contributed by atoms with Crippen LogP contribution in [0.2, 0.25) is 0 Å². The van der Waals surface area contributed by atoms with Crippen LogP contribution in [0.5, 0.6) is 5.75 Å². The number of ether oxygens (including phenoxy) is 2. The molecule has 33 heavy (non-hydrogen) atoms. The summed E-state index contributed by atoms with van der Waals surface area (Å²) < 4.78 is 11.4. The van der Waals surface area contributed by atoms with Gasteiger partial charge in [-0.15, -0.1) is 0 Å². The van der Waals surface area contributed by atoms with Crippen molar-refractivity contribution in [3.05, 3.63) is 77.1 Å². The Hall–Kier alpha value is -3.02. The number of fused-ring (bicyclic) bond motifs is 3. The van der Waals surface area contributed by atoms with Gasteiger partial charge in [-0.2, -0.15) is 0 Å². The van der Waals surface area contributed by atoms with Crippen LogP contribution in [0.1, 0.15) is 22.3 Å². The van der Waals surface area contributed by atoms with Gasteiger partial charge in [-0.05, 0) is 73.2 Å². The standard InChI is InChI=1S/C28H31N3O2/c1-20-3-8-25-26-17-22(18-29-28(26)19-30-27(25)15-20)4-5-23-6-7-24(16-21(23)2)33-14-11-31-9-12-32-13-10-31/h3,6-8,15-19H,4-5,9-14H2,1-2H3. The Kier molecular flexibility index (Phi) is 6.51. The number of morpholine rings is 1. The molecule has 1 aliphatic rings. The first-order chi connectivity index (χ1) is 16.2. The molecular formula is C28H31N3O2. The van der Waals surface area contributed by atoms with Gasteiger partial charge < -0.3 is 9.47 Å². The molecule has 170 valence electrons. The van der Waals surface area contributed by atoms with E-state index >= 15 is 0 Å². The van der Waals surface area contributed by atoms with Gasteiger partial charge in [-0.3, -0.25) is 14.9 Å². The second kappa shape index (κ2) is 9.86. The highest BCUT2D eigenvalue weighted by Crippen LogP contribution is 2.25. The summed E-state index contributed by atoms with van der Waals surface area (Å²) in [6.45, 7) is 9.58. The molecule has 4 aromatic rings. The van der Waals surface area contributed by atoms with Crippen molar-refractivity contribution in [2.24, 2.45) is 0 Å². The van der Waals surface area contributed by atoms with Gasteiger partial charge in [0.1, 0.15) is 12.4 Å². The van der Waals surface area contributed by atoms with Crippen LogP contribution in [-0.2, 0) is 17.6 Å². The molecule has 3 heterocycles. The minimum absolute atomic E-state index is 0.712. The first-order valence-corrected chi connectivity index (χ1v) is 11.8. The molecule has 5 nitrogen and oxygen atoms in total. The second-order valence-electron chi connectivity index (χ2n) is 8.95. The first kappa shape index (κ1) is 21.8. The minimum atomic E-state index is 0.712. The van der Waals surface area contributed by atoms with Crippen molar-refractivity contribution in [1.82, 2.24) is 14.9 Å². The summed E-state index contributed by atoms with van der Waals surface area (Å²) in [5.41, 5.74) is 7.08. The van der Waals surface area contributed by atoms with Crippen molar-refractivity contribution in [1.29, 1.82) is 0 Å². The molecule has 0 amide bonds. The van der Waals surface area contributed by atoms with E-state index in [1.165, 1.54) is 33.0 Å². The van der Waals surface area contributed by atoms with Crippen molar-refractivity contribution in [2.45, 2.75) is 26.7 Å². The maximum Gasteiger partial charge on any atom is 0.119 e. The van der Waals surface area contributed by atoms with E-state index in [0.29, 0.717) is 6.61 Å². The van der Waals surface area contributed by atoms with Crippen molar-refractivity contribution in [3.63, 3.8) is 0 Å². The molecule has 0 aliphatic carbocycles. The van der Waals surface area contributed by atoms with Crippen LogP contribution in [0, 0.1) is 13.8 Å². The summed E-state index contributed by atoms with van der Waals surface area (Å²) in [5, 5.41) is 2.35. The average molecular weight is 442 g/mol. The van der Waals surface area contributed by atoms with E-state index in [9.17, 15) is 0 Å². The van der Waals surface area contributed by atoms with Crippen molar-refractivity contribution < 1.29 is 9.47 Å². The molecule has 5 heteroatoms. The van der Waals surface area contributed by atoms with Crippen molar-refractivity contribution in [3.8, 4) is 5.75 Å². The van der Waals surface area contributed by atoms with Crippen molar-refractivity contribution >= 4 is 21.8 Å². The van der Waals surface area contributed by atoms with Crippen LogP contribution in [0.3, 0.4) is 0 Å². The molecule has 0 atom stereocenters. The van der Waals surface area contributed by atoms with Gasteiger partial charge in [0.25, 0.3) is 0 Å². The SMILES string of the molecule is Cc1ccc2c(c1)ncc1ncc(CCc3ccc(OCCN4CCOCC4)cc3C)cc12. The molecule has 1 saturated heterocycles. The van der Waals surface area contributed by atoms with E-state index in [4.69, 9.17) is 9.47 Å². The third-order valence-electron chi connectivity index (χ3n) is 6.52. The Morgan fingerprint density at radius 3 is 2.58 bits per heavy atom. The number of nitrogens with zero attached hydrogens (tertiary/aromatic N) is 3. The van der Waals surface area contributed by atoms with E-state index < -0.39 is 0 Å². The zero-order chi connectivity index (χ0) is 22.6. The van der Waals surface area contributed by atoms with Crippen LogP contribution in [0.15, 0.2) is 54.9 Å². The fourth-order valence-electron chi connectivity index (χ4n) is 4.52. The lowest BCUT2D eigenvalue weighted by molar-refractivity contribution is 0.0322. The van der Waals surface area contributed by atoms with E-state index in [0.717, 1.165) is 62.5 Å². The van der Waals surface area contributed by atoms with Crippen molar-refractivity contribution in [2.75, 3.05) is 39.5 Å². The summed E-state index contributed by atoms with van der Waals surface area (Å²) in [4.78, 5) is 11.7. The zero-order valence-electron chi connectivity index (χ0n) is 19.5. The molecule has 1 fully saturated rings. The Morgan fingerprint density at radius 1 is 0.879 bits per heavy atom. The quantitative estimate of drug-likeness (QED) is 0.382. The molecule has 0 N–H and O–H groups in total.